The van der Waals surface area contributed by atoms with Crippen molar-refractivity contribution in [3.63, 3.8) is 0 Å². The number of carboxylic acids is 1. The molecule has 0 saturated heterocycles. The smallest absolute Gasteiger partial charge is 0.408 e. The first kappa shape index (κ1) is 21.8. The molecule has 0 saturated carbocycles. The number of hydrogen-bond donors (Lipinski definition) is 2. The summed E-state index contributed by atoms with van der Waals surface area (Å²) in [5.74, 6) is -1.40. The van der Waals surface area contributed by atoms with Crippen LogP contribution in [0.1, 0.15) is 27.2 Å². The van der Waals surface area contributed by atoms with E-state index in [2.05, 4.69) is 5.32 Å². The maximum Gasteiger partial charge on any atom is 0.408 e. The zero-order valence-corrected chi connectivity index (χ0v) is 16.3. The Labute approximate surface area is 156 Å². The SMILES string of the molecule is C[S+](CCOC(=O)N[C@@H](CC(=O)OC(C)(C)C)C(=O)O)c1ccccc1. The number of benzene rings is 1. The fourth-order valence-corrected chi connectivity index (χ4v) is 3.15. The predicted molar refractivity (Wildman–Crippen MR) is 99.2 cm³/mol. The number of alkyl carbamates (subject to hydrolysis) is 1. The average molecular weight is 384 g/mol. The van der Waals surface area contributed by atoms with E-state index in [1.165, 1.54) is 0 Å². The number of esters is 1. The van der Waals surface area contributed by atoms with Crippen LogP contribution in [0.4, 0.5) is 4.79 Å². The number of amides is 1. The minimum absolute atomic E-state index is 0.0873. The number of nitrogens with one attached hydrogen (secondary N) is 1. The van der Waals surface area contributed by atoms with Gasteiger partial charge in [0.2, 0.25) is 0 Å². The fraction of sp³-hybridized carbons (Fsp3) is 0.500. The van der Waals surface area contributed by atoms with E-state index in [9.17, 15) is 14.4 Å². The molecule has 144 valence electrons. The molecule has 0 radical (unpaired) electrons. The Hall–Kier alpha value is -2.22. The molecule has 0 bridgehead atoms. The van der Waals surface area contributed by atoms with Gasteiger partial charge in [0.1, 0.15) is 30.3 Å². The van der Waals surface area contributed by atoms with Gasteiger partial charge in [0.25, 0.3) is 0 Å². The van der Waals surface area contributed by atoms with Crippen molar-refractivity contribution in [2.24, 2.45) is 0 Å². The van der Waals surface area contributed by atoms with E-state index in [0.717, 1.165) is 4.90 Å². The van der Waals surface area contributed by atoms with Gasteiger partial charge in [0.05, 0.1) is 6.42 Å². The van der Waals surface area contributed by atoms with Crippen LogP contribution in [0.25, 0.3) is 0 Å². The van der Waals surface area contributed by atoms with Crippen molar-refractivity contribution in [2.75, 3.05) is 18.6 Å². The molecule has 0 fully saturated rings. The van der Waals surface area contributed by atoms with Crippen LogP contribution in [-0.4, -0.2) is 53.4 Å². The quantitative estimate of drug-likeness (QED) is 0.526. The van der Waals surface area contributed by atoms with E-state index < -0.39 is 36.1 Å². The Morgan fingerprint density at radius 3 is 2.35 bits per heavy atom. The van der Waals surface area contributed by atoms with Crippen LogP contribution < -0.4 is 5.32 Å². The van der Waals surface area contributed by atoms with Crippen molar-refractivity contribution in [1.82, 2.24) is 5.32 Å². The molecule has 8 heteroatoms. The summed E-state index contributed by atoms with van der Waals surface area (Å²) in [5, 5.41) is 11.3. The summed E-state index contributed by atoms with van der Waals surface area (Å²) in [7, 11) is -0.0873. The number of carbonyl (C=O) groups excluding carboxylic acids is 2. The molecule has 1 unspecified atom stereocenters. The summed E-state index contributed by atoms with van der Waals surface area (Å²) < 4.78 is 10.1. The van der Waals surface area contributed by atoms with E-state index in [-0.39, 0.29) is 17.5 Å². The number of carbonyl (C=O) groups is 3. The topological polar surface area (TPSA) is 102 Å². The van der Waals surface area contributed by atoms with Crippen molar-refractivity contribution in [2.45, 2.75) is 43.7 Å². The van der Waals surface area contributed by atoms with Gasteiger partial charge in [-0.2, -0.15) is 0 Å². The first-order chi connectivity index (χ1) is 12.1. The largest absolute Gasteiger partial charge is 0.480 e. The van der Waals surface area contributed by atoms with Crippen LogP contribution >= 0.6 is 0 Å². The number of aliphatic carboxylic acids is 1. The van der Waals surface area contributed by atoms with Crippen molar-refractivity contribution >= 4 is 28.9 Å². The predicted octanol–water partition coefficient (Wildman–Crippen LogP) is 2.20. The lowest BCUT2D eigenvalue weighted by atomic mass is 10.1. The molecule has 7 nitrogen and oxygen atoms in total. The summed E-state index contributed by atoms with van der Waals surface area (Å²) in [6.07, 6.45) is 0.703. The van der Waals surface area contributed by atoms with Crippen molar-refractivity contribution < 1.29 is 29.0 Å². The molecular formula is C18H26NO6S+. The standard InChI is InChI=1S/C18H25NO6S/c1-18(2,3)25-15(20)12-14(16(21)22)19-17(23)24-10-11-26(4)13-8-6-5-7-9-13/h5-9,14H,10-12H2,1-4H3,(H-,19,21,22,23)/p+1/t14-,26?/m0/s1. The van der Waals surface area contributed by atoms with Gasteiger partial charge in [-0.3, -0.25) is 4.79 Å². The number of carboxylic acid groups (broad SMARTS) is 1. The minimum atomic E-state index is -1.40. The highest BCUT2D eigenvalue weighted by molar-refractivity contribution is 7.96. The van der Waals surface area contributed by atoms with Crippen LogP contribution in [0.2, 0.25) is 0 Å². The zero-order chi connectivity index (χ0) is 19.7. The first-order valence-electron chi connectivity index (χ1n) is 8.14. The third-order valence-corrected chi connectivity index (χ3v) is 5.01. The van der Waals surface area contributed by atoms with Crippen molar-refractivity contribution in [3.05, 3.63) is 30.3 Å². The molecule has 0 aliphatic carbocycles. The molecule has 2 atom stereocenters. The van der Waals surface area contributed by atoms with E-state index in [4.69, 9.17) is 14.6 Å². The lowest BCUT2D eigenvalue weighted by Gasteiger charge is -2.21. The Morgan fingerprint density at radius 2 is 1.81 bits per heavy atom. The highest BCUT2D eigenvalue weighted by Gasteiger charge is 2.27. The minimum Gasteiger partial charge on any atom is -0.480 e. The van der Waals surface area contributed by atoms with Crippen LogP contribution in [0.15, 0.2) is 35.2 Å². The van der Waals surface area contributed by atoms with Crippen LogP contribution in [0.3, 0.4) is 0 Å². The van der Waals surface area contributed by atoms with Crippen LogP contribution in [0.5, 0.6) is 0 Å². The summed E-state index contributed by atoms with van der Waals surface area (Å²) >= 11 is 0. The second-order valence-electron chi connectivity index (χ2n) is 6.62. The third-order valence-electron chi connectivity index (χ3n) is 3.15. The first-order valence-corrected chi connectivity index (χ1v) is 9.94. The van der Waals surface area contributed by atoms with Gasteiger partial charge in [0.15, 0.2) is 4.90 Å². The second-order valence-corrected chi connectivity index (χ2v) is 8.77. The molecule has 0 aliphatic heterocycles. The van der Waals surface area contributed by atoms with E-state index in [0.29, 0.717) is 5.75 Å². The van der Waals surface area contributed by atoms with Crippen LogP contribution in [-0.2, 0) is 30.0 Å². The van der Waals surface area contributed by atoms with Gasteiger partial charge >= 0.3 is 18.0 Å². The third kappa shape index (κ3) is 8.75. The molecule has 1 rings (SSSR count). The Kier molecular flexibility index (Phi) is 8.44. The molecule has 0 spiro atoms. The van der Waals surface area contributed by atoms with E-state index >= 15 is 0 Å². The lowest BCUT2D eigenvalue weighted by Crippen LogP contribution is -2.43. The maximum absolute atomic E-state index is 11.8. The number of ether oxygens (including phenoxy) is 2. The highest BCUT2D eigenvalue weighted by Crippen LogP contribution is 2.11. The normalized spacial score (nSPS) is 13.4. The molecule has 1 aromatic rings. The van der Waals surface area contributed by atoms with Gasteiger partial charge in [-0.15, -0.1) is 0 Å². The molecule has 1 aromatic carbocycles. The Balaban J connectivity index is 2.42. The molecule has 2 N–H and O–H groups in total. The number of rotatable bonds is 8. The maximum atomic E-state index is 11.8. The average Bonchev–Trinajstić information content (AvgIpc) is 2.53. The van der Waals surface area contributed by atoms with Crippen LogP contribution in [0, 0.1) is 0 Å². The van der Waals surface area contributed by atoms with Gasteiger partial charge in [-0.05, 0) is 32.9 Å². The van der Waals surface area contributed by atoms with Crippen molar-refractivity contribution in [1.29, 1.82) is 0 Å². The molecule has 1 amide bonds. The summed E-state index contributed by atoms with van der Waals surface area (Å²) in [6.45, 7) is 5.18. The molecule has 0 aliphatic rings. The molecular weight excluding hydrogens is 358 g/mol. The highest BCUT2D eigenvalue weighted by atomic mass is 32.2. The second kappa shape index (κ2) is 10.1. The summed E-state index contributed by atoms with van der Waals surface area (Å²) in [6, 6.07) is 8.43. The van der Waals surface area contributed by atoms with E-state index in [1.807, 2.05) is 36.6 Å². The summed E-state index contributed by atoms with van der Waals surface area (Å²) in [4.78, 5) is 35.9. The zero-order valence-electron chi connectivity index (χ0n) is 15.5. The molecule has 26 heavy (non-hydrogen) atoms. The van der Waals surface area contributed by atoms with Gasteiger partial charge in [-0.25, -0.2) is 9.59 Å². The van der Waals surface area contributed by atoms with Gasteiger partial charge in [0, 0.05) is 10.9 Å². The van der Waals surface area contributed by atoms with Crippen molar-refractivity contribution in [3.8, 4) is 0 Å². The molecule has 0 heterocycles. The fourth-order valence-electron chi connectivity index (χ4n) is 1.96. The van der Waals surface area contributed by atoms with Gasteiger partial charge in [-0.1, -0.05) is 18.2 Å². The number of hydrogen-bond acceptors (Lipinski definition) is 5. The van der Waals surface area contributed by atoms with E-state index in [1.54, 1.807) is 20.8 Å². The Morgan fingerprint density at radius 1 is 1.19 bits per heavy atom. The molecule has 0 aromatic heterocycles. The summed E-state index contributed by atoms with van der Waals surface area (Å²) in [5.41, 5.74) is -0.727. The monoisotopic (exact) mass is 384 g/mol. The lowest BCUT2D eigenvalue weighted by molar-refractivity contribution is -0.158. The van der Waals surface area contributed by atoms with Gasteiger partial charge < -0.3 is 19.9 Å². The Bertz CT molecular complexity index is 614.